The smallest absolute Gasteiger partial charge is 0.231 e. The fraction of sp³-hybridized carbons (Fsp3) is 0.0588. The topological polar surface area (TPSA) is 94.3 Å². The third-order valence-corrected chi connectivity index (χ3v) is 4.35. The number of nitrogen functional groups attached to an aromatic ring is 1. The molecular formula is C17H14IN5O2. The van der Waals surface area contributed by atoms with Crippen LogP contribution in [0.5, 0.6) is 11.5 Å². The highest BCUT2D eigenvalue weighted by Gasteiger charge is 2.14. The van der Waals surface area contributed by atoms with E-state index in [4.69, 9.17) is 15.2 Å². The molecule has 0 amide bonds. The van der Waals surface area contributed by atoms with E-state index in [1.807, 2.05) is 42.5 Å². The zero-order chi connectivity index (χ0) is 17.2. The molecule has 4 N–H and O–H groups in total. The zero-order valence-corrected chi connectivity index (χ0v) is 15.1. The summed E-state index contributed by atoms with van der Waals surface area (Å²) in [5, 5.41) is 6.39. The summed E-state index contributed by atoms with van der Waals surface area (Å²) in [6, 6.07) is 13.5. The Bertz CT molecular complexity index is 917. The lowest BCUT2D eigenvalue weighted by atomic mass is 10.2. The van der Waals surface area contributed by atoms with Crippen molar-refractivity contribution >= 4 is 51.3 Å². The lowest BCUT2D eigenvalue weighted by Gasteiger charge is -2.13. The van der Waals surface area contributed by atoms with Crippen molar-refractivity contribution in [3.63, 3.8) is 0 Å². The van der Waals surface area contributed by atoms with Gasteiger partial charge in [0, 0.05) is 21.0 Å². The highest BCUT2D eigenvalue weighted by Crippen LogP contribution is 2.36. The van der Waals surface area contributed by atoms with Crippen LogP contribution in [0.3, 0.4) is 0 Å². The highest BCUT2D eigenvalue weighted by atomic mass is 127. The Morgan fingerprint density at radius 3 is 2.28 bits per heavy atom. The van der Waals surface area contributed by atoms with Crippen LogP contribution in [0.25, 0.3) is 0 Å². The third kappa shape index (κ3) is 3.38. The van der Waals surface area contributed by atoms with Crippen LogP contribution in [0.15, 0.2) is 48.8 Å². The van der Waals surface area contributed by atoms with Crippen LogP contribution in [0.2, 0.25) is 0 Å². The second-order valence-corrected chi connectivity index (χ2v) is 6.56. The molecule has 0 bridgehead atoms. The van der Waals surface area contributed by atoms with Gasteiger partial charge in [-0.15, -0.1) is 0 Å². The maximum atomic E-state index is 6.21. The van der Waals surface area contributed by atoms with Gasteiger partial charge < -0.3 is 25.8 Å². The van der Waals surface area contributed by atoms with Gasteiger partial charge in [-0.05, 0) is 59.0 Å². The molecule has 2 aromatic carbocycles. The highest BCUT2D eigenvalue weighted by molar-refractivity contribution is 14.1. The molecular weight excluding hydrogens is 433 g/mol. The molecule has 126 valence electrons. The van der Waals surface area contributed by atoms with E-state index in [0.29, 0.717) is 23.1 Å². The second-order valence-electron chi connectivity index (χ2n) is 5.31. The average Bonchev–Trinajstić information content (AvgIpc) is 3.08. The molecule has 25 heavy (non-hydrogen) atoms. The van der Waals surface area contributed by atoms with Gasteiger partial charge in [-0.2, -0.15) is 0 Å². The maximum Gasteiger partial charge on any atom is 0.231 e. The van der Waals surface area contributed by atoms with Crippen molar-refractivity contribution in [2.24, 2.45) is 0 Å². The van der Waals surface area contributed by atoms with Gasteiger partial charge >= 0.3 is 0 Å². The molecule has 1 aliphatic heterocycles. The Balaban J connectivity index is 1.57. The van der Waals surface area contributed by atoms with Crippen LogP contribution >= 0.6 is 22.6 Å². The van der Waals surface area contributed by atoms with Crippen LogP contribution in [-0.4, -0.2) is 16.8 Å². The second kappa shape index (κ2) is 6.63. The van der Waals surface area contributed by atoms with E-state index in [1.165, 1.54) is 6.33 Å². The molecule has 1 aromatic heterocycles. The summed E-state index contributed by atoms with van der Waals surface area (Å²) in [7, 11) is 0. The molecule has 8 heteroatoms. The van der Waals surface area contributed by atoms with E-state index in [2.05, 4.69) is 43.2 Å². The summed E-state index contributed by atoms with van der Waals surface area (Å²) in [5.74, 6) is 2.47. The van der Waals surface area contributed by atoms with Crippen molar-refractivity contribution in [2.75, 3.05) is 23.2 Å². The van der Waals surface area contributed by atoms with E-state index >= 15 is 0 Å². The molecule has 3 aromatic rings. The van der Waals surface area contributed by atoms with Gasteiger partial charge in [-0.3, -0.25) is 0 Å². The standard InChI is InChI=1S/C17H14IN5O2/c18-10-1-3-11(4-2-10)22-16-15(19)17(21-8-20-16)23-12-5-6-13-14(7-12)25-9-24-13/h1-8H,9,19H2,(H2,20,21,22,23). The molecule has 0 unspecified atom stereocenters. The van der Waals surface area contributed by atoms with Crippen molar-refractivity contribution in [1.82, 2.24) is 9.97 Å². The van der Waals surface area contributed by atoms with E-state index < -0.39 is 0 Å². The quantitative estimate of drug-likeness (QED) is 0.523. The monoisotopic (exact) mass is 447 g/mol. The fourth-order valence-corrected chi connectivity index (χ4v) is 2.74. The first-order chi connectivity index (χ1) is 12.2. The molecule has 0 radical (unpaired) electrons. The number of nitrogens with two attached hydrogens (primary N) is 1. The summed E-state index contributed by atoms with van der Waals surface area (Å²) >= 11 is 2.26. The molecule has 7 nitrogen and oxygen atoms in total. The number of anilines is 5. The number of aromatic nitrogens is 2. The average molecular weight is 447 g/mol. The van der Waals surface area contributed by atoms with Crippen molar-refractivity contribution in [1.29, 1.82) is 0 Å². The molecule has 0 atom stereocenters. The number of hydrogen-bond acceptors (Lipinski definition) is 7. The van der Waals surface area contributed by atoms with Crippen LogP contribution in [-0.2, 0) is 0 Å². The van der Waals surface area contributed by atoms with Crippen LogP contribution in [0.4, 0.5) is 28.7 Å². The summed E-state index contributed by atoms with van der Waals surface area (Å²) in [6.07, 6.45) is 1.46. The SMILES string of the molecule is Nc1c(Nc2ccc(I)cc2)ncnc1Nc1ccc2c(c1)OCO2. The van der Waals surface area contributed by atoms with Gasteiger partial charge in [0.1, 0.15) is 12.0 Å². The Kier molecular flexibility index (Phi) is 4.18. The first kappa shape index (κ1) is 15.8. The third-order valence-electron chi connectivity index (χ3n) is 3.63. The summed E-state index contributed by atoms with van der Waals surface area (Å²) in [6.45, 7) is 0.235. The number of rotatable bonds is 4. The molecule has 0 spiro atoms. The molecule has 4 rings (SSSR count). The minimum absolute atomic E-state index is 0.235. The van der Waals surface area contributed by atoms with Gasteiger partial charge in [-0.25, -0.2) is 9.97 Å². The molecule has 0 aliphatic carbocycles. The van der Waals surface area contributed by atoms with Crippen LogP contribution < -0.4 is 25.8 Å². The molecule has 0 saturated heterocycles. The number of benzene rings is 2. The Hall–Kier alpha value is -2.75. The van der Waals surface area contributed by atoms with Crippen molar-refractivity contribution < 1.29 is 9.47 Å². The van der Waals surface area contributed by atoms with Crippen molar-refractivity contribution in [3.05, 3.63) is 52.4 Å². The molecule has 0 saturated carbocycles. The Labute approximate surface area is 157 Å². The summed E-state index contributed by atoms with van der Waals surface area (Å²) in [5.41, 5.74) is 8.35. The largest absolute Gasteiger partial charge is 0.454 e. The minimum atomic E-state index is 0.235. The van der Waals surface area contributed by atoms with Gasteiger partial charge in [0.25, 0.3) is 0 Å². The van der Waals surface area contributed by atoms with Gasteiger partial charge in [-0.1, -0.05) is 0 Å². The zero-order valence-electron chi connectivity index (χ0n) is 13.0. The lowest BCUT2D eigenvalue weighted by Crippen LogP contribution is -2.05. The van der Waals surface area contributed by atoms with Crippen molar-refractivity contribution in [3.8, 4) is 11.5 Å². The maximum absolute atomic E-state index is 6.21. The van der Waals surface area contributed by atoms with E-state index in [1.54, 1.807) is 0 Å². The number of halogens is 1. The lowest BCUT2D eigenvalue weighted by molar-refractivity contribution is 0.174. The van der Waals surface area contributed by atoms with E-state index in [9.17, 15) is 0 Å². The van der Waals surface area contributed by atoms with E-state index in [-0.39, 0.29) is 6.79 Å². The van der Waals surface area contributed by atoms with Crippen molar-refractivity contribution in [2.45, 2.75) is 0 Å². The summed E-state index contributed by atoms with van der Waals surface area (Å²) in [4.78, 5) is 8.45. The number of fused-ring (bicyclic) bond motifs is 1. The molecule has 0 fully saturated rings. The predicted octanol–water partition coefficient (Wildman–Crippen LogP) is 3.88. The van der Waals surface area contributed by atoms with Crippen LogP contribution in [0.1, 0.15) is 0 Å². The normalized spacial score (nSPS) is 12.0. The minimum Gasteiger partial charge on any atom is -0.454 e. The number of nitrogens with zero attached hydrogens (tertiary/aromatic N) is 2. The Morgan fingerprint density at radius 2 is 1.52 bits per heavy atom. The van der Waals surface area contributed by atoms with Crippen LogP contribution in [0, 0.1) is 3.57 Å². The first-order valence-electron chi connectivity index (χ1n) is 7.49. The van der Waals surface area contributed by atoms with Gasteiger partial charge in [0.2, 0.25) is 6.79 Å². The summed E-state index contributed by atoms with van der Waals surface area (Å²) < 4.78 is 11.8. The fourth-order valence-electron chi connectivity index (χ4n) is 2.38. The number of nitrogens with one attached hydrogen (secondary N) is 2. The van der Waals surface area contributed by atoms with Gasteiger partial charge in [0.05, 0.1) is 0 Å². The molecule has 2 heterocycles. The first-order valence-corrected chi connectivity index (χ1v) is 8.57. The van der Waals surface area contributed by atoms with Gasteiger partial charge in [0.15, 0.2) is 23.1 Å². The Morgan fingerprint density at radius 1 is 0.880 bits per heavy atom. The number of hydrogen-bond donors (Lipinski definition) is 3. The number of ether oxygens (including phenoxy) is 2. The molecule has 1 aliphatic rings. The predicted molar refractivity (Wildman–Crippen MR) is 105 cm³/mol. The van der Waals surface area contributed by atoms with E-state index in [0.717, 1.165) is 20.7 Å².